The average molecular weight is 387 g/mol. The van der Waals surface area contributed by atoms with Gasteiger partial charge in [-0.15, -0.1) is 0 Å². The average Bonchev–Trinajstić information content (AvgIpc) is 3.52. The molecule has 1 aliphatic carbocycles. The molecule has 0 heterocycles. The Kier molecular flexibility index (Phi) is 4.79. The highest BCUT2D eigenvalue weighted by molar-refractivity contribution is 6.01. The summed E-state index contributed by atoms with van der Waals surface area (Å²) in [6.07, 6.45) is 1.44. The lowest BCUT2D eigenvalue weighted by Gasteiger charge is -2.17. The Bertz CT molecular complexity index is 1070. The van der Waals surface area contributed by atoms with E-state index in [9.17, 15) is 15.0 Å². The van der Waals surface area contributed by atoms with Gasteiger partial charge >= 0.3 is 0 Å². The number of hydrogen-bond acceptors (Lipinski definition) is 3. The molecule has 1 amide bonds. The van der Waals surface area contributed by atoms with Gasteiger partial charge in [-0.1, -0.05) is 56.3 Å². The van der Waals surface area contributed by atoms with Crippen molar-refractivity contribution in [2.75, 3.05) is 5.32 Å². The predicted molar refractivity (Wildman–Crippen MR) is 115 cm³/mol. The molecule has 0 radical (unpaired) electrons. The van der Waals surface area contributed by atoms with Crippen LogP contribution in [0.25, 0.3) is 11.1 Å². The molecule has 1 aliphatic rings. The smallest absolute Gasteiger partial charge is 0.235 e. The second-order valence-corrected chi connectivity index (χ2v) is 8.10. The molecule has 0 aliphatic heterocycles. The lowest BCUT2D eigenvalue weighted by atomic mass is 9.94. The van der Waals surface area contributed by atoms with Gasteiger partial charge in [-0.2, -0.15) is 0 Å². The maximum Gasteiger partial charge on any atom is 0.235 e. The number of nitrogens with one attached hydrogen (secondary N) is 1. The summed E-state index contributed by atoms with van der Waals surface area (Å²) in [4.78, 5) is 13.0. The van der Waals surface area contributed by atoms with E-state index in [1.54, 1.807) is 6.07 Å². The van der Waals surface area contributed by atoms with Crippen molar-refractivity contribution in [3.05, 3.63) is 77.9 Å². The van der Waals surface area contributed by atoms with E-state index in [0.29, 0.717) is 5.92 Å². The van der Waals surface area contributed by atoms with Crippen LogP contribution in [0.5, 0.6) is 11.5 Å². The van der Waals surface area contributed by atoms with Crippen LogP contribution in [0, 0.1) is 0 Å². The molecule has 0 bridgehead atoms. The Balaban J connectivity index is 1.57. The first-order valence-corrected chi connectivity index (χ1v) is 9.93. The number of rotatable bonds is 5. The molecule has 1 fully saturated rings. The van der Waals surface area contributed by atoms with Crippen LogP contribution in [0.4, 0.5) is 5.69 Å². The van der Waals surface area contributed by atoms with Crippen molar-refractivity contribution in [2.24, 2.45) is 0 Å². The van der Waals surface area contributed by atoms with Crippen LogP contribution in [-0.4, -0.2) is 16.1 Å². The fraction of sp³-hybridized carbons (Fsp3) is 0.240. The molecule has 3 N–H and O–H groups in total. The number of benzene rings is 3. The molecule has 3 aromatic carbocycles. The number of carbonyl (C=O) groups is 1. The van der Waals surface area contributed by atoms with E-state index in [1.807, 2.05) is 24.3 Å². The summed E-state index contributed by atoms with van der Waals surface area (Å²) >= 11 is 0. The molecule has 0 saturated heterocycles. The molecule has 148 valence electrons. The van der Waals surface area contributed by atoms with E-state index in [-0.39, 0.29) is 17.4 Å². The van der Waals surface area contributed by atoms with Crippen LogP contribution in [-0.2, 0) is 10.2 Å². The van der Waals surface area contributed by atoms with Gasteiger partial charge in [0.05, 0.1) is 5.41 Å². The lowest BCUT2D eigenvalue weighted by molar-refractivity contribution is -0.118. The second kappa shape index (κ2) is 7.28. The highest BCUT2D eigenvalue weighted by Crippen LogP contribution is 2.50. The van der Waals surface area contributed by atoms with Gasteiger partial charge in [0, 0.05) is 5.69 Å². The Hall–Kier alpha value is -3.27. The molecule has 0 unspecified atom stereocenters. The van der Waals surface area contributed by atoms with Gasteiger partial charge < -0.3 is 15.5 Å². The molecular formula is C25H25NO3. The lowest BCUT2D eigenvalue weighted by Crippen LogP contribution is -2.27. The molecule has 29 heavy (non-hydrogen) atoms. The normalized spacial score (nSPS) is 14.6. The third-order valence-corrected chi connectivity index (χ3v) is 5.72. The number of phenols is 2. The summed E-state index contributed by atoms with van der Waals surface area (Å²) in [6.45, 7) is 4.35. The molecule has 3 aromatic rings. The van der Waals surface area contributed by atoms with E-state index >= 15 is 0 Å². The van der Waals surface area contributed by atoms with Gasteiger partial charge in [0.25, 0.3) is 0 Å². The van der Waals surface area contributed by atoms with Crippen LogP contribution in [0.15, 0.2) is 66.7 Å². The first-order valence-electron chi connectivity index (χ1n) is 9.93. The van der Waals surface area contributed by atoms with Crippen molar-refractivity contribution < 1.29 is 15.0 Å². The van der Waals surface area contributed by atoms with Crippen molar-refractivity contribution in [1.29, 1.82) is 0 Å². The fourth-order valence-corrected chi connectivity index (χ4v) is 3.70. The first kappa shape index (κ1) is 19.1. The highest BCUT2D eigenvalue weighted by Gasteiger charge is 2.51. The summed E-state index contributed by atoms with van der Waals surface area (Å²) in [6, 6.07) is 20.9. The highest BCUT2D eigenvalue weighted by atomic mass is 16.3. The van der Waals surface area contributed by atoms with E-state index in [4.69, 9.17) is 0 Å². The summed E-state index contributed by atoms with van der Waals surface area (Å²) in [5.74, 6) is -0.0140. The van der Waals surface area contributed by atoms with Crippen LogP contribution >= 0.6 is 0 Å². The maximum atomic E-state index is 13.0. The third kappa shape index (κ3) is 3.70. The summed E-state index contributed by atoms with van der Waals surface area (Å²) in [5.41, 5.74) is 4.29. The van der Waals surface area contributed by atoms with Crippen molar-refractivity contribution in [3.63, 3.8) is 0 Å². The molecule has 0 atom stereocenters. The minimum Gasteiger partial charge on any atom is -0.504 e. The Morgan fingerprint density at radius 3 is 2.24 bits per heavy atom. The minimum absolute atomic E-state index is 0.0873. The molecule has 4 heteroatoms. The predicted octanol–water partition coefficient (Wildman–Crippen LogP) is 5.56. The molecule has 4 rings (SSSR count). The van der Waals surface area contributed by atoms with Crippen LogP contribution < -0.4 is 5.32 Å². The topological polar surface area (TPSA) is 69.6 Å². The van der Waals surface area contributed by atoms with Crippen LogP contribution in [0.1, 0.15) is 43.7 Å². The van der Waals surface area contributed by atoms with Gasteiger partial charge in [0.1, 0.15) is 0 Å². The zero-order chi connectivity index (χ0) is 20.6. The quantitative estimate of drug-likeness (QED) is 0.502. The zero-order valence-electron chi connectivity index (χ0n) is 16.6. The van der Waals surface area contributed by atoms with Gasteiger partial charge in [0.2, 0.25) is 5.91 Å². The molecule has 0 aromatic heterocycles. The van der Waals surface area contributed by atoms with Crippen LogP contribution in [0.3, 0.4) is 0 Å². The number of aromatic hydroxyl groups is 2. The summed E-state index contributed by atoms with van der Waals surface area (Å²) in [5, 5.41) is 22.4. The van der Waals surface area contributed by atoms with Crippen molar-refractivity contribution in [1.82, 2.24) is 0 Å². The van der Waals surface area contributed by atoms with Crippen LogP contribution in [0.2, 0.25) is 0 Å². The number of hydrogen-bond donors (Lipinski definition) is 3. The molecule has 4 nitrogen and oxygen atoms in total. The molecular weight excluding hydrogens is 362 g/mol. The first-order chi connectivity index (χ1) is 13.9. The van der Waals surface area contributed by atoms with Gasteiger partial charge in [-0.3, -0.25) is 4.79 Å². The molecule has 0 spiro atoms. The monoisotopic (exact) mass is 387 g/mol. The maximum absolute atomic E-state index is 13.0. The van der Waals surface area contributed by atoms with Gasteiger partial charge in [-0.25, -0.2) is 0 Å². The summed E-state index contributed by atoms with van der Waals surface area (Å²) < 4.78 is 0. The van der Waals surface area contributed by atoms with Crippen molar-refractivity contribution in [2.45, 2.75) is 38.0 Å². The number of carbonyl (C=O) groups excluding carboxylic acids is 1. The Morgan fingerprint density at radius 1 is 0.897 bits per heavy atom. The van der Waals surface area contributed by atoms with E-state index in [2.05, 4.69) is 43.4 Å². The Morgan fingerprint density at radius 2 is 1.59 bits per heavy atom. The van der Waals surface area contributed by atoms with Crippen molar-refractivity contribution >= 4 is 11.6 Å². The number of phenolic OH excluding ortho intramolecular Hbond substituents is 2. The second-order valence-electron chi connectivity index (χ2n) is 8.10. The molecule has 1 saturated carbocycles. The third-order valence-electron chi connectivity index (χ3n) is 5.72. The number of anilines is 1. The SMILES string of the molecule is CC(C)c1cccc(-c2cccc(NC(=O)C3(c4ccc(O)c(O)c4)CC3)c2)c1. The van der Waals surface area contributed by atoms with Gasteiger partial charge in [-0.05, 0) is 65.3 Å². The summed E-state index contributed by atoms with van der Waals surface area (Å²) in [7, 11) is 0. The standard InChI is InChI=1S/C25H25NO3/c1-16(2)17-5-3-6-18(13-17)19-7-4-8-21(14-19)26-24(29)25(11-12-25)20-9-10-22(27)23(28)15-20/h3-10,13-16,27-28H,11-12H2,1-2H3,(H,26,29). The van der Waals surface area contributed by atoms with E-state index in [1.165, 1.54) is 17.7 Å². The van der Waals surface area contributed by atoms with E-state index < -0.39 is 5.41 Å². The minimum atomic E-state index is -0.640. The Labute approximate surface area is 170 Å². The van der Waals surface area contributed by atoms with E-state index in [0.717, 1.165) is 35.2 Å². The largest absolute Gasteiger partial charge is 0.504 e. The van der Waals surface area contributed by atoms with Gasteiger partial charge in [0.15, 0.2) is 11.5 Å². The van der Waals surface area contributed by atoms with Crippen molar-refractivity contribution in [3.8, 4) is 22.6 Å². The fourth-order valence-electron chi connectivity index (χ4n) is 3.70. The zero-order valence-corrected chi connectivity index (χ0v) is 16.6. The number of amides is 1.